The Kier molecular flexibility index (Phi) is 4.00. The van der Waals surface area contributed by atoms with Crippen molar-refractivity contribution in [2.24, 2.45) is 0 Å². The third-order valence-electron chi connectivity index (χ3n) is 1.97. The van der Waals surface area contributed by atoms with Gasteiger partial charge in [-0.05, 0) is 6.07 Å². The van der Waals surface area contributed by atoms with Gasteiger partial charge in [-0.1, -0.05) is 17.6 Å². The van der Waals surface area contributed by atoms with Gasteiger partial charge in [0.1, 0.15) is 7.85 Å². The first-order valence-corrected chi connectivity index (χ1v) is 4.61. The van der Waals surface area contributed by atoms with Crippen molar-refractivity contribution in [3.05, 3.63) is 23.8 Å². The Labute approximate surface area is 102 Å². The molecule has 94 valence electrons. The number of carbonyl (C=O) groups is 2. The summed E-state index contributed by atoms with van der Waals surface area (Å²) in [6, 6.07) is 2.79. The molecular formula is C10H7BF3NO3. The average Bonchev–Trinajstić information content (AvgIpc) is 2.28. The molecule has 0 spiro atoms. The molecule has 1 rings (SSSR count). The zero-order chi connectivity index (χ0) is 13.9. The van der Waals surface area contributed by atoms with E-state index in [1.807, 2.05) is 0 Å². The molecule has 1 N–H and O–H groups in total. The predicted octanol–water partition coefficient (Wildman–Crippen LogP) is 0.611. The van der Waals surface area contributed by atoms with Gasteiger partial charge in [-0.2, -0.15) is 13.2 Å². The molecule has 0 aliphatic rings. The van der Waals surface area contributed by atoms with Crippen LogP contribution in [0.1, 0.15) is 5.56 Å². The third-order valence-corrected chi connectivity index (χ3v) is 1.97. The van der Waals surface area contributed by atoms with E-state index in [1.54, 1.807) is 5.32 Å². The summed E-state index contributed by atoms with van der Waals surface area (Å²) in [6.07, 6.45) is -4.70. The van der Waals surface area contributed by atoms with E-state index in [2.05, 4.69) is 4.74 Å². The zero-order valence-electron chi connectivity index (χ0n) is 9.17. The van der Waals surface area contributed by atoms with Crippen molar-refractivity contribution < 1.29 is 27.5 Å². The predicted molar refractivity (Wildman–Crippen MR) is 57.5 cm³/mol. The fourth-order valence-electron chi connectivity index (χ4n) is 1.17. The monoisotopic (exact) mass is 257 g/mol. The minimum absolute atomic E-state index is 0.113. The van der Waals surface area contributed by atoms with Gasteiger partial charge >= 0.3 is 18.1 Å². The highest BCUT2D eigenvalue weighted by Crippen LogP contribution is 2.33. The Bertz CT molecular complexity index is 488. The molecule has 0 unspecified atom stereocenters. The summed E-state index contributed by atoms with van der Waals surface area (Å²) in [5.41, 5.74) is -1.81. The van der Waals surface area contributed by atoms with Crippen molar-refractivity contribution in [2.75, 3.05) is 12.4 Å². The largest absolute Gasteiger partial charge is 0.462 e. The van der Waals surface area contributed by atoms with Gasteiger partial charge in [-0.15, -0.1) is 0 Å². The number of carbonyl (C=O) groups excluding carboxylic acids is 2. The fourth-order valence-corrected chi connectivity index (χ4v) is 1.17. The fraction of sp³-hybridized carbons (Fsp3) is 0.200. The lowest BCUT2D eigenvalue weighted by atomic mass is 9.93. The Morgan fingerprint density at radius 3 is 2.44 bits per heavy atom. The van der Waals surface area contributed by atoms with Crippen LogP contribution in [0.15, 0.2) is 18.2 Å². The first-order valence-electron chi connectivity index (χ1n) is 4.61. The SMILES string of the molecule is [B]c1ccc(NC(=O)C(=O)OC)c(C(F)(F)F)c1. The van der Waals surface area contributed by atoms with Gasteiger partial charge in [0.05, 0.1) is 18.4 Å². The van der Waals surface area contributed by atoms with Gasteiger partial charge in [0, 0.05) is 0 Å². The minimum Gasteiger partial charge on any atom is -0.462 e. The Morgan fingerprint density at radius 1 is 1.33 bits per heavy atom. The van der Waals surface area contributed by atoms with Crippen LogP contribution in [-0.4, -0.2) is 26.8 Å². The van der Waals surface area contributed by atoms with E-state index < -0.39 is 29.3 Å². The topological polar surface area (TPSA) is 55.4 Å². The highest BCUT2D eigenvalue weighted by atomic mass is 19.4. The van der Waals surface area contributed by atoms with Gasteiger partial charge in [-0.3, -0.25) is 4.79 Å². The maximum Gasteiger partial charge on any atom is 0.418 e. The van der Waals surface area contributed by atoms with Crippen LogP contribution in [-0.2, 0) is 20.5 Å². The highest BCUT2D eigenvalue weighted by molar-refractivity contribution is 6.37. The molecule has 8 heteroatoms. The van der Waals surface area contributed by atoms with Crippen molar-refractivity contribution in [2.45, 2.75) is 6.18 Å². The van der Waals surface area contributed by atoms with Crippen LogP contribution in [0.5, 0.6) is 0 Å². The zero-order valence-corrected chi connectivity index (χ0v) is 9.17. The maximum atomic E-state index is 12.6. The lowest BCUT2D eigenvalue weighted by molar-refractivity contribution is -0.150. The molecule has 0 aromatic heterocycles. The summed E-state index contributed by atoms with van der Waals surface area (Å²) in [5.74, 6) is -2.59. The molecule has 1 amide bonds. The van der Waals surface area contributed by atoms with Gasteiger partial charge in [0.15, 0.2) is 0 Å². The van der Waals surface area contributed by atoms with Gasteiger partial charge in [-0.25, -0.2) is 4.79 Å². The molecule has 0 heterocycles. The number of hydrogen-bond donors (Lipinski definition) is 1. The van der Waals surface area contributed by atoms with Crippen LogP contribution in [0.2, 0.25) is 0 Å². The summed E-state index contributed by atoms with van der Waals surface area (Å²) in [7, 11) is 6.18. The van der Waals surface area contributed by atoms with E-state index in [0.29, 0.717) is 6.07 Å². The number of nitrogens with one attached hydrogen (secondary N) is 1. The summed E-state index contributed by atoms with van der Waals surface area (Å²) >= 11 is 0. The average molecular weight is 257 g/mol. The molecule has 18 heavy (non-hydrogen) atoms. The quantitative estimate of drug-likeness (QED) is 0.455. The standard InChI is InChI=1S/C10H7BF3NO3/c1-18-9(17)8(16)15-7-3-2-5(11)4-6(7)10(12,13)14/h2-4H,1H3,(H,15,16). The number of halogens is 3. The summed E-state index contributed by atoms with van der Waals surface area (Å²) in [5, 5.41) is 1.81. The first kappa shape index (κ1) is 14.1. The highest BCUT2D eigenvalue weighted by Gasteiger charge is 2.34. The number of rotatable bonds is 1. The number of amides is 1. The van der Waals surface area contributed by atoms with Crippen LogP contribution >= 0.6 is 0 Å². The number of benzene rings is 1. The molecule has 0 aliphatic carbocycles. The number of alkyl halides is 3. The van der Waals surface area contributed by atoms with E-state index >= 15 is 0 Å². The number of ether oxygens (including phenoxy) is 1. The van der Waals surface area contributed by atoms with E-state index in [0.717, 1.165) is 13.2 Å². The van der Waals surface area contributed by atoms with Crippen LogP contribution in [0, 0.1) is 0 Å². The lowest BCUT2D eigenvalue weighted by Gasteiger charge is -2.14. The van der Waals surface area contributed by atoms with Gasteiger partial charge < -0.3 is 10.1 Å². The Morgan fingerprint density at radius 2 is 1.94 bits per heavy atom. The van der Waals surface area contributed by atoms with E-state index in [9.17, 15) is 22.8 Å². The molecule has 0 fully saturated rings. The van der Waals surface area contributed by atoms with Crippen molar-refractivity contribution in [1.82, 2.24) is 0 Å². The van der Waals surface area contributed by atoms with E-state index in [1.165, 1.54) is 6.07 Å². The van der Waals surface area contributed by atoms with Crippen LogP contribution in [0.3, 0.4) is 0 Å². The third kappa shape index (κ3) is 3.25. The molecule has 1 aromatic carbocycles. The smallest absolute Gasteiger partial charge is 0.418 e. The molecule has 0 atom stereocenters. The van der Waals surface area contributed by atoms with Crippen molar-refractivity contribution >= 4 is 30.9 Å². The van der Waals surface area contributed by atoms with Crippen LogP contribution in [0.4, 0.5) is 18.9 Å². The molecular weight excluding hydrogens is 250 g/mol. The summed E-state index contributed by atoms with van der Waals surface area (Å²) in [4.78, 5) is 21.9. The Balaban J connectivity index is 3.10. The summed E-state index contributed by atoms with van der Waals surface area (Å²) < 4.78 is 42.0. The van der Waals surface area contributed by atoms with E-state index in [4.69, 9.17) is 7.85 Å². The number of anilines is 1. The molecule has 2 radical (unpaired) electrons. The second-order valence-electron chi connectivity index (χ2n) is 3.25. The first-order chi connectivity index (χ1) is 8.25. The number of methoxy groups -OCH3 is 1. The molecule has 0 bridgehead atoms. The summed E-state index contributed by atoms with van der Waals surface area (Å²) in [6.45, 7) is 0. The molecule has 1 aromatic rings. The van der Waals surface area contributed by atoms with Crippen LogP contribution < -0.4 is 10.8 Å². The van der Waals surface area contributed by atoms with E-state index in [-0.39, 0.29) is 5.46 Å². The van der Waals surface area contributed by atoms with Crippen LogP contribution in [0.25, 0.3) is 0 Å². The normalized spacial score (nSPS) is 10.9. The lowest BCUT2D eigenvalue weighted by Crippen LogP contribution is -2.26. The molecule has 0 aliphatic heterocycles. The van der Waals surface area contributed by atoms with Crippen molar-refractivity contribution in [3.63, 3.8) is 0 Å². The van der Waals surface area contributed by atoms with Gasteiger partial charge in [0.2, 0.25) is 0 Å². The molecule has 0 saturated heterocycles. The second kappa shape index (κ2) is 5.11. The molecule has 4 nitrogen and oxygen atoms in total. The number of hydrogen-bond acceptors (Lipinski definition) is 3. The minimum atomic E-state index is -4.70. The molecule has 0 saturated carbocycles. The second-order valence-corrected chi connectivity index (χ2v) is 3.25. The maximum absolute atomic E-state index is 12.6. The van der Waals surface area contributed by atoms with Gasteiger partial charge in [0.25, 0.3) is 0 Å². The van der Waals surface area contributed by atoms with Crippen molar-refractivity contribution in [1.29, 1.82) is 0 Å². The Hall–Kier alpha value is -1.99. The number of esters is 1. The van der Waals surface area contributed by atoms with Crippen molar-refractivity contribution in [3.8, 4) is 0 Å².